The fraction of sp³-hybridized carbons (Fsp3) is 0.900. The molecule has 0 rings (SSSR count). The van der Waals surface area contributed by atoms with Gasteiger partial charge in [0.15, 0.2) is 0 Å². The van der Waals surface area contributed by atoms with Gasteiger partial charge in [0.05, 0.1) is 0 Å². The van der Waals surface area contributed by atoms with E-state index in [9.17, 15) is 0 Å². The molecule has 144 valence electrons. The molecule has 23 heavy (non-hydrogen) atoms. The molecule has 0 unspecified atom stereocenters. The van der Waals surface area contributed by atoms with Crippen LogP contribution < -0.4 is 0 Å². The van der Waals surface area contributed by atoms with Gasteiger partial charge in [-0.1, -0.05) is 98.9 Å². The molecule has 0 amide bonds. The molecular formula is C20H44P2Pd. The van der Waals surface area contributed by atoms with E-state index in [-0.39, 0.29) is 36.3 Å². The Morgan fingerprint density at radius 1 is 0.391 bits per heavy atom. The van der Waals surface area contributed by atoms with E-state index in [0.29, 0.717) is 0 Å². The summed E-state index contributed by atoms with van der Waals surface area (Å²) in [7, 11) is 0.525. The fourth-order valence-corrected chi connectivity index (χ4v) is 10.7. The molecular weight excluding hydrogens is 409 g/mol. The van der Waals surface area contributed by atoms with Gasteiger partial charge in [-0.3, -0.25) is 0 Å². The quantitative estimate of drug-likeness (QED) is 0.221. The summed E-state index contributed by atoms with van der Waals surface area (Å²) in [5.74, 6) is 0. The topological polar surface area (TPSA) is 0 Å². The zero-order chi connectivity index (χ0) is 18.6. The van der Waals surface area contributed by atoms with Crippen molar-refractivity contribution < 1.29 is 20.4 Å². The Labute approximate surface area is 165 Å². The third-order valence-electron chi connectivity index (χ3n) is 3.58. The van der Waals surface area contributed by atoms with Gasteiger partial charge in [-0.15, -0.1) is 12.8 Å². The molecule has 0 nitrogen and oxygen atoms in total. The van der Waals surface area contributed by atoms with E-state index >= 15 is 0 Å². The van der Waals surface area contributed by atoms with E-state index in [4.69, 9.17) is 0 Å². The molecule has 0 aromatic heterocycles. The largest absolute Gasteiger partial charge is 0.124 e. The summed E-state index contributed by atoms with van der Waals surface area (Å²) < 4.78 is 0. The zero-order valence-corrected chi connectivity index (χ0v) is 21.2. The number of hydrogen-bond donors (Lipinski definition) is 0. The molecule has 0 aliphatic carbocycles. The molecule has 0 N–H and O–H groups in total. The second-order valence-corrected chi connectivity index (χ2v) is 15.4. The van der Waals surface area contributed by atoms with E-state index in [0.717, 1.165) is 34.0 Å². The Kier molecular flexibility index (Phi) is 24.7. The summed E-state index contributed by atoms with van der Waals surface area (Å²) in [4.78, 5) is 0. The first-order chi connectivity index (χ1) is 9.93. The summed E-state index contributed by atoms with van der Waals surface area (Å²) in [5.41, 5.74) is 5.39. The van der Waals surface area contributed by atoms with Crippen molar-refractivity contribution in [1.82, 2.24) is 0 Å². The molecule has 0 saturated carbocycles. The van der Waals surface area contributed by atoms with Crippen LogP contribution in [0.4, 0.5) is 0 Å². The van der Waals surface area contributed by atoms with Crippen LogP contribution in [0, 0.1) is 12.8 Å². The summed E-state index contributed by atoms with van der Waals surface area (Å²) >= 11 is 0. The Hall–Kier alpha value is 1.08. The van der Waals surface area contributed by atoms with Crippen LogP contribution in [0.5, 0.6) is 0 Å². The summed E-state index contributed by atoms with van der Waals surface area (Å²) in [5, 5.41) is 0. The molecule has 0 spiro atoms. The molecule has 0 radical (unpaired) electrons. The van der Waals surface area contributed by atoms with Crippen LogP contribution in [0.1, 0.15) is 83.1 Å². The second kappa shape index (κ2) is 17.9. The summed E-state index contributed by atoms with van der Waals surface area (Å²) in [6, 6.07) is 0. The minimum atomic E-state index is 0. The number of rotatable bonds is 6. The third kappa shape index (κ3) is 16.3. The van der Waals surface area contributed by atoms with Crippen LogP contribution >= 0.6 is 15.8 Å². The van der Waals surface area contributed by atoms with E-state index in [2.05, 4.69) is 95.9 Å². The predicted molar refractivity (Wildman–Crippen MR) is 115 cm³/mol. The molecule has 0 heterocycles. The van der Waals surface area contributed by atoms with Crippen molar-refractivity contribution in [3.63, 3.8) is 0 Å². The van der Waals surface area contributed by atoms with Crippen molar-refractivity contribution in [1.29, 1.82) is 0 Å². The number of terminal acetylenes is 1. The third-order valence-corrected chi connectivity index (χ3v) is 10.7. The Morgan fingerprint density at radius 2 is 0.478 bits per heavy atom. The van der Waals surface area contributed by atoms with E-state index in [1.54, 1.807) is 0 Å². The van der Waals surface area contributed by atoms with Crippen molar-refractivity contribution in [3.8, 4) is 12.8 Å². The van der Waals surface area contributed by atoms with Crippen LogP contribution in [0.15, 0.2) is 0 Å². The van der Waals surface area contributed by atoms with Crippen LogP contribution in [0.2, 0.25) is 0 Å². The Balaban J connectivity index is -0.000000136. The Morgan fingerprint density at radius 3 is 0.478 bits per heavy atom. The molecule has 3 heteroatoms. The number of hydrogen-bond acceptors (Lipinski definition) is 0. The monoisotopic (exact) mass is 452 g/mol. The molecule has 0 aliphatic rings. The van der Waals surface area contributed by atoms with Crippen molar-refractivity contribution in [2.24, 2.45) is 0 Å². The van der Waals surface area contributed by atoms with Crippen molar-refractivity contribution in [2.75, 3.05) is 0 Å². The summed E-state index contributed by atoms with van der Waals surface area (Å²) in [6.07, 6.45) is 8.00. The van der Waals surface area contributed by atoms with Gasteiger partial charge >= 0.3 is 0 Å². The molecule has 0 fully saturated rings. The minimum absolute atomic E-state index is 0. The van der Waals surface area contributed by atoms with Crippen molar-refractivity contribution >= 4 is 15.8 Å². The fourth-order valence-electron chi connectivity index (χ4n) is 3.58. The van der Waals surface area contributed by atoms with Gasteiger partial charge in [-0.05, 0) is 34.0 Å². The first-order valence-electron chi connectivity index (χ1n) is 8.81. The van der Waals surface area contributed by atoms with E-state index in [1.807, 2.05) is 0 Å². The van der Waals surface area contributed by atoms with E-state index in [1.165, 1.54) is 0 Å². The molecule has 0 aromatic rings. The average Bonchev–Trinajstić information content (AvgIpc) is 2.28. The van der Waals surface area contributed by atoms with Gasteiger partial charge in [0.25, 0.3) is 0 Å². The smallest absolute Gasteiger partial charge is 0 e. The van der Waals surface area contributed by atoms with Gasteiger partial charge in [-0.25, -0.2) is 0 Å². The van der Waals surface area contributed by atoms with Gasteiger partial charge in [0.2, 0.25) is 0 Å². The van der Waals surface area contributed by atoms with Gasteiger partial charge in [-0.2, -0.15) is 0 Å². The molecule has 0 aromatic carbocycles. The summed E-state index contributed by atoms with van der Waals surface area (Å²) in [6.45, 7) is 28.2. The molecule has 0 aliphatic heterocycles. The van der Waals surface area contributed by atoms with Gasteiger partial charge < -0.3 is 0 Å². The van der Waals surface area contributed by atoms with Crippen LogP contribution in [0.3, 0.4) is 0 Å². The zero-order valence-electron chi connectivity index (χ0n) is 17.8. The van der Waals surface area contributed by atoms with Crippen LogP contribution in [0.25, 0.3) is 0 Å². The molecule has 0 atom stereocenters. The predicted octanol–water partition coefficient (Wildman–Crippen LogP) is 7.63. The maximum Gasteiger partial charge on any atom is 0 e. The average molecular weight is 453 g/mol. The van der Waals surface area contributed by atoms with Crippen molar-refractivity contribution in [2.45, 2.75) is 117 Å². The molecule has 0 saturated heterocycles. The van der Waals surface area contributed by atoms with Gasteiger partial charge in [0, 0.05) is 20.4 Å². The van der Waals surface area contributed by atoms with Crippen LogP contribution in [-0.2, 0) is 20.4 Å². The molecule has 0 bridgehead atoms. The second-order valence-electron chi connectivity index (χ2n) is 7.46. The van der Waals surface area contributed by atoms with E-state index < -0.39 is 0 Å². The Bertz CT molecular complexity index is 194. The minimum Gasteiger partial charge on any atom is -0.124 e. The maximum atomic E-state index is 4.00. The maximum absolute atomic E-state index is 4.00. The SMILES string of the molecule is C#C.CC(C)P(C(C)C)C(C)C.CC(C)P(C(C)C)C(C)C.[Pd]. The van der Waals surface area contributed by atoms with Crippen LogP contribution in [-0.4, -0.2) is 34.0 Å². The first-order valence-corrected chi connectivity index (χ1v) is 11.9. The normalized spacial score (nSPS) is 11.0. The van der Waals surface area contributed by atoms with Gasteiger partial charge in [0.1, 0.15) is 0 Å². The standard InChI is InChI=1S/2C9H21P.C2H2.Pd/c2*1-7(2)10(8(3)4)9(5)6;1-2;/h2*7-9H,1-6H3;1-2H;. The first kappa shape index (κ1) is 31.8. The van der Waals surface area contributed by atoms with Crippen molar-refractivity contribution in [3.05, 3.63) is 0 Å².